The molecular weight excluding hydrogens is 520 g/mol. The number of nitrogens with two attached hydrogens (primary N) is 1. The van der Waals surface area contributed by atoms with E-state index in [1.807, 2.05) is 47.4 Å². The summed E-state index contributed by atoms with van der Waals surface area (Å²) in [6.45, 7) is 2.24. The molecule has 1 aromatic carbocycles. The minimum absolute atomic E-state index is 0.0677. The zero-order valence-corrected chi connectivity index (χ0v) is 23.2. The first-order chi connectivity index (χ1) is 19.8. The molecule has 2 aliphatic heterocycles. The summed E-state index contributed by atoms with van der Waals surface area (Å²) >= 11 is 0. The Labute approximate surface area is 237 Å². The molecule has 0 saturated carbocycles. The van der Waals surface area contributed by atoms with E-state index in [2.05, 4.69) is 10.1 Å². The molecule has 0 aliphatic carbocycles. The first kappa shape index (κ1) is 27.0. The van der Waals surface area contributed by atoms with Gasteiger partial charge in [0, 0.05) is 40.9 Å². The number of hydrogen-bond donors (Lipinski definition) is 3. The number of aromatic nitrogens is 4. The highest BCUT2D eigenvalue weighted by atomic mass is 16.3. The molecule has 10 heteroatoms. The van der Waals surface area contributed by atoms with E-state index in [4.69, 9.17) is 10.7 Å². The number of anilines is 1. The number of ketones is 1. The van der Waals surface area contributed by atoms with Crippen LogP contribution in [0.2, 0.25) is 0 Å². The minimum Gasteiger partial charge on any atom is -0.395 e. The van der Waals surface area contributed by atoms with Gasteiger partial charge in [0.15, 0.2) is 11.4 Å². The van der Waals surface area contributed by atoms with Gasteiger partial charge in [0.25, 0.3) is 0 Å². The monoisotopic (exact) mass is 554 g/mol. The van der Waals surface area contributed by atoms with Crippen LogP contribution < -0.4 is 5.73 Å². The number of nitrogens with zero attached hydrogens (tertiary/aromatic N) is 5. The number of pyridine rings is 1. The van der Waals surface area contributed by atoms with Crippen molar-refractivity contribution in [2.45, 2.75) is 57.5 Å². The third kappa shape index (κ3) is 4.47. The second-order valence-electron chi connectivity index (χ2n) is 11.5. The summed E-state index contributed by atoms with van der Waals surface area (Å²) in [5.74, 6) is -0.250. The van der Waals surface area contributed by atoms with Crippen molar-refractivity contribution in [3.8, 4) is 22.4 Å². The van der Waals surface area contributed by atoms with Crippen molar-refractivity contribution in [3.05, 3.63) is 66.1 Å². The minimum atomic E-state index is -1.23. The smallest absolute Gasteiger partial charge is 0.233 e. The summed E-state index contributed by atoms with van der Waals surface area (Å²) in [5.41, 5.74) is 10.4. The predicted molar refractivity (Wildman–Crippen MR) is 154 cm³/mol. The zero-order valence-electron chi connectivity index (χ0n) is 23.2. The van der Waals surface area contributed by atoms with Crippen molar-refractivity contribution in [1.29, 1.82) is 0 Å². The topological polar surface area (TPSA) is 147 Å². The van der Waals surface area contributed by atoms with Crippen LogP contribution in [0.15, 0.2) is 54.9 Å². The molecule has 3 aromatic heterocycles. The van der Waals surface area contributed by atoms with Crippen LogP contribution in [0.4, 0.5) is 5.82 Å². The Morgan fingerprint density at radius 1 is 1.00 bits per heavy atom. The average molecular weight is 555 g/mol. The maximum absolute atomic E-state index is 13.4. The molecule has 2 fully saturated rings. The van der Waals surface area contributed by atoms with Gasteiger partial charge in [-0.25, -0.2) is 4.98 Å². The number of carbonyl (C=O) groups excluding carboxylic acids is 2. The lowest BCUT2D eigenvalue weighted by Gasteiger charge is -2.42. The van der Waals surface area contributed by atoms with E-state index in [9.17, 15) is 19.8 Å². The Bertz CT molecular complexity index is 1600. The lowest BCUT2D eigenvalue weighted by Crippen LogP contribution is -2.54. The Balaban J connectivity index is 1.37. The Kier molecular flexibility index (Phi) is 6.83. The number of carbonyl (C=O) groups is 2. The highest BCUT2D eigenvalue weighted by Crippen LogP contribution is 2.46. The molecule has 2 bridgehead atoms. The third-order valence-electron chi connectivity index (χ3n) is 8.78. The number of piperidine rings is 1. The first-order valence-corrected chi connectivity index (χ1v) is 14.0. The van der Waals surface area contributed by atoms with E-state index in [1.54, 1.807) is 19.3 Å². The lowest BCUT2D eigenvalue weighted by molar-refractivity contribution is -0.151. The summed E-state index contributed by atoms with van der Waals surface area (Å²) in [6.07, 6.45) is 6.37. The standard InChI is InChI=1S/C31H34N6O4/c1-18(40)26-27(21-12-22-9-10-23(13-21)36(22)30(41)31(2,16-38)17-39)35-29-24(15-34-37(29)28(26)32)20-8-11-25(33-14-20)19-6-4-3-5-7-19/h3-8,11,14-15,21-23,38-39H,9-10,12-13,16-17,32H2,1-2H3/t21?,22-,23+. The van der Waals surface area contributed by atoms with E-state index >= 15 is 0 Å². The van der Waals surface area contributed by atoms with Crippen LogP contribution in [0.3, 0.4) is 0 Å². The van der Waals surface area contributed by atoms with Crippen molar-refractivity contribution in [3.63, 3.8) is 0 Å². The average Bonchev–Trinajstić information content (AvgIpc) is 3.54. The van der Waals surface area contributed by atoms with Gasteiger partial charge in [0.05, 0.1) is 41.8 Å². The van der Waals surface area contributed by atoms with E-state index in [0.717, 1.165) is 35.2 Å². The van der Waals surface area contributed by atoms with E-state index in [0.29, 0.717) is 29.7 Å². The molecule has 10 nitrogen and oxygen atoms in total. The number of Topliss-reactive ketones (excluding diaryl/α,β-unsaturated/α-hetero) is 1. The Hall–Kier alpha value is -4.15. The second-order valence-corrected chi connectivity index (χ2v) is 11.5. The summed E-state index contributed by atoms with van der Waals surface area (Å²) in [5, 5.41) is 24.1. The first-order valence-electron chi connectivity index (χ1n) is 14.0. The van der Waals surface area contributed by atoms with Gasteiger partial charge in [-0.3, -0.25) is 14.6 Å². The van der Waals surface area contributed by atoms with E-state index in [1.165, 1.54) is 11.4 Å². The molecule has 2 aliphatic rings. The summed E-state index contributed by atoms with van der Waals surface area (Å²) in [4.78, 5) is 37.8. The lowest BCUT2D eigenvalue weighted by atomic mass is 9.82. The quantitative estimate of drug-likeness (QED) is 0.294. The van der Waals surface area contributed by atoms with Crippen LogP contribution in [0.1, 0.15) is 61.5 Å². The van der Waals surface area contributed by atoms with Gasteiger partial charge >= 0.3 is 0 Å². The van der Waals surface area contributed by atoms with Crippen molar-refractivity contribution in [2.24, 2.45) is 5.41 Å². The molecule has 1 unspecified atom stereocenters. The SMILES string of the molecule is CC(=O)c1c(C2C[C@H]3CC[C@@H](C2)N3C(=O)C(C)(CO)CO)nc2c(-c3ccc(-c4ccccc4)nc3)cnn2c1N. The number of aliphatic hydroxyl groups excluding tert-OH is 2. The summed E-state index contributed by atoms with van der Waals surface area (Å²) in [6, 6.07) is 13.7. The van der Waals surface area contributed by atoms with Gasteiger partial charge in [-0.2, -0.15) is 9.61 Å². The zero-order chi connectivity index (χ0) is 28.9. The number of hydrogen-bond acceptors (Lipinski definition) is 8. The number of aliphatic hydroxyl groups is 2. The van der Waals surface area contributed by atoms with Crippen LogP contribution >= 0.6 is 0 Å². The van der Waals surface area contributed by atoms with Crippen molar-refractivity contribution < 1.29 is 19.8 Å². The number of rotatable bonds is 7. The highest BCUT2D eigenvalue weighted by Gasteiger charge is 2.49. The number of benzene rings is 1. The fourth-order valence-electron chi connectivity index (χ4n) is 6.45. The Morgan fingerprint density at radius 2 is 1.68 bits per heavy atom. The van der Waals surface area contributed by atoms with Gasteiger partial charge in [-0.15, -0.1) is 0 Å². The molecule has 4 N–H and O–H groups in total. The normalized spacial score (nSPS) is 20.5. The van der Waals surface area contributed by atoms with Crippen LogP contribution in [0.25, 0.3) is 28.0 Å². The maximum atomic E-state index is 13.4. The van der Waals surface area contributed by atoms with E-state index in [-0.39, 0.29) is 35.5 Å². The van der Waals surface area contributed by atoms with Gasteiger partial charge < -0.3 is 20.8 Å². The molecular formula is C31H34N6O4. The molecule has 4 aromatic rings. The molecule has 0 radical (unpaired) electrons. The fourth-order valence-corrected chi connectivity index (χ4v) is 6.45. The van der Waals surface area contributed by atoms with Gasteiger partial charge in [-0.05, 0) is 45.6 Å². The second kappa shape index (κ2) is 10.4. The fraction of sp³-hybridized carbons (Fsp3) is 0.387. The van der Waals surface area contributed by atoms with Crippen LogP contribution in [0.5, 0.6) is 0 Å². The Morgan fingerprint density at radius 3 is 2.27 bits per heavy atom. The van der Waals surface area contributed by atoms with Crippen LogP contribution in [-0.2, 0) is 4.79 Å². The number of fused-ring (bicyclic) bond motifs is 3. The summed E-state index contributed by atoms with van der Waals surface area (Å²) in [7, 11) is 0. The molecule has 0 spiro atoms. The largest absolute Gasteiger partial charge is 0.395 e. The summed E-state index contributed by atoms with van der Waals surface area (Å²) < 4.78 is 1.52. The maximum Gasteiger partial charge on any atom is 0.233 e. The predicted octanol–water partition coefficient (Wildman–Crippen LogP) is 3.47. The molecule has 3 atom stereocenters. The molecule has 1 amide bonds. The molecule has 2 saturated heterocycles. The van der Waals surface area contributed by atoms with Crippen molar-refractivity contribution in [1.82, 2.24) is 24.5 Å². The number of amides is 1. The molecule has 5 heterocycles. The van der Waals surface area contributed by atoms with Gasteiger partial charge in [-0.1, -0.05) is 36.4 Å². The van der Waals surface area contributed by atoms with Crippen molar-refractivity contribution >= 4 is 23.2 Å². The number of nitrogen functional groups attached to an aromatic ring is 1. The molecule has 212 valence electrons. The van der Waals surface area contributed by atoms with Gasteiger partial charge in [0.2, 0.25) is 5.91 Å². The van der Waals surface area contributed by atoms with Crippen LogP contribution in [0, 0.1) is 5.41 Å². The van der Waals surface area contributed by atoms with Gasteiger partial charge in [0.1, 0.15) is 5.82 Å². The molecule has 41 heavy (non-hydrogen) atoms. The van der Waals surface area contributed by atoms with Crippen molar-refractivity contribution in [2.75, 3.05) is 18.9 Å². The van der Waals surface area contributed by atoms with Crippen LogP contribution in [-0.4, -0.2) is 71.7 Å². The third-order valence-corrected chi connectivity index (χ3v) is 8.78. The highest BCUT2D eigenvalue weighted by molar-refractivity contribution is 6.00. The molecule has 6 rings (SSSR count). The van der Waals surface area contributed by atoms with E-state index < -0.39 is 18.6 Å².